The molecule has 1 unspecified atom stereocenters. The molecule has 9 heteroatoms. The molecule has 1 aromatic carbocycles. The number of fused-ring (bicyclic) bond motifs is 1. The van der Waals surface area contributed by atoms with Gasteiger partial charge in [0.15, 0.2) is 0 Å². The molecule has 4 aromatic rings. The second kappa shape index (κ2) is 10.1. The fourth-order valence-electron chi connectivity index (χ4n) is 4.82. The number of carbonyl (C=O) groups is 1. The lowest BCUT2D eigenvalue weighted by Crippen LogP contribution is -2.36. The SMILES string of the molecule is N#CCC1(n2cc(-c3ncnc4[nH]ccc34)cn2)C=CC=C(C2=CC=CC=CN2C(=O)Oc2ccccc2)C1. The number of aromatic nitrogens is 5. The van der Waals surface area contributed by atoms with Gasteiger partial charge in [-0.15, -0.1) is 0 Å². The minimum Gasteiger partial charge on any atom is -0.410 e. The van der Waals surface area contributed by atoms with Crippen molar-refractivity contribution in [1.29, 1.82) is 5.26 Å². The number of benzene rings is 1. The summed E-state index contributed by atoms with van der Waals surface area (Å²) < 4.78 is 7.44. The predicted molar refractivity (Wildman–Crippen MR) is 146 cm³/mol. The van der Waals surface area contributed by atoms with E-state index in [2.05, 4.69) is 26.1 Å². The van der Waals surface area contributed by atoms with Crippen LogP contribution in [0.15, 0.2) is 121 Å². The number of H-pyrrole nitrogens is 1. The van der Waals surface area contributed by atoms with Gasteiger partial charge in [-0.1, -0.05) is 48.6 Å². The number of amides is 1. The van der Waals surface area contributed by atoms with Crippen LogP contribution >= 0.6 is 0 Å². The lowest BCUT2D eigenvalue weighted by atomic mass is 9.82. The standard InChI is InChI=1S/C30H23N7O2/c31-15-14-30(37-20-23(19-35-37)27-25-12-16-32-28(25)34-21-33-27)13-7-8-22(18-30)26-11-5-2-6-17-36(26)29(38)39-24-9-3-1-4-10-24/h1-13,16-17,19-21H,14,18H2,(H,32,33,34). The molecule has 0 radical (unpaired) electrons. The van der Waals surface area contributed by atoms with Gasteiger partial charge in [0.05, 0.1) is 35.6 Å². The number of nitrogens with one attached hydrogen (secondary N) is 1. The zero-order chi connectivity index (χ0) is 26.7. The molecule has 0 saturated heterocycles. The molecule has 9 nitrogen and oxygen atoms in total. The zero-order valence-electron chi connectivity index (χ0n) is 20.8. The Morgan fingerprint density at radius 2 is 2.00 bits per heavy atom. The van der Waals surface area contributed by atoms with Crippen LogP contribution in [0.25, 0.3) is 22.3 Å². The Hall–Kier alpha value is -5.49. The van der Waals surface area contributed by atoms with Gasteiger partial charge in [-0.25, -0.2) is 14.8 Å². The van der Waals surface area contributed by atoms with Gasteiger partial charge in [0.2, 0.25) is 0 Å². The Labute approximate surface area is 224 Å². The summed E-state index contributed by atoms with van der Waals surface area (Å²) >= 11 is 0. The lowest BCUT2D eigenvalue weighted by Gasteiger charge is -2.34. The van der Waals surface area contributed by atoms with Crippen molar-refractivity contribution in [2.45, 2.75) is 18.4 Å². The first-order valence-corrected chi connectivity index (χ1v) is 12.4. The van der Waals surface area contributed by atoms with Crippen molar-refractivity contribution in [3.63, 3.8) is 0 Å². The highest BCUT2D eigenvalue weighted by molar-refractivity contribution is 5.90. The predicted octanol–water partition coefficient (Wildman–Crippen LogP) is 5.79. The number of nitriles is 1. The molecule has 2 aliphatic rings. The average Bonchev–Trinajstić information content (AvgIpc) is 3.59. The molecule has 0 spiro atoms. The zero-order valence-corrected chi connectivity index (χ0v) is 20.8. The number of hydrogen-bond acceptors (Lipinski definition) is 6. The van der Waals surface area contributed by atoms with Gasteiger partial charge >= 0.3 is 6.09 Å². The van der Waals surface area contributed by atoms with Crippen LogP contribution in [0.5, 0.6) is 5.75 Å². The molecule has 0 bridgehead atoms. The maximum atomic E-state index is 13.2. The monoisotopic (exact) mass is 513 g/mol. The third-order valence-corrected chi connectivity index (χ3v) is 6.70. The Morgan fingerprint density at radius 3 is 2.87 bits per heavy atom. The average molecular weight is 514 g/mol. The second-order valence-corrected chi connectivity index (χ2v) is 9.13. The van der Waals surface area contributed by atoms with Crippen molar-refractivity contribution in [1.82, 2.24) is 29.6 Å². The van der Waals surface area contributed by atoms with Crippen LogP contribution in [0, 0.1) is 11.3 Å². The van der Waals surface area contributed by atoms with Crippen LogP contribution in [0.3, 0.4) is 0 Å². The molecule has 3 aromatic heterocycles. The summed E-state index contributed by atoms with van der Waals surface area (Å²) in [6, 6.07) is 13.2. The minimum absolute atomic E-state index is 0.179. The molecule has 39 heavy (non-hydrogen) atoms. The van der Waals surface area contributed by atoms with Crippen molar-refractivity contribution in [3.8, 4) is 23.1 Å². The number of rotatable bonds is 5. The highest BCUT2D eigenvalue weighted by Gasteiger charge is 2.36. The van der Waals surface area contributed by atoms with Gasteiger partial charge in [0.1, 0.15) is 17.7 Å². The van der Waals surface area contributed by atoms with E-state index in [9.17, 15) is 10.1 Å². The van der Waals surface area contributed by atoms with Crippen molar-refractivity contribution in [3.05, 3.63) is 121 Å². The Bertz CT molecular complexity index is 1730. The van der Waals surface area contributed by atoms with E-state index in [1.165, 1.54) is 11.2 Å². The number of hydrogen-bond donors (Lipinski definition) is 1. The van der Waals surface area contributed by atoms with Crippen molar-refractivity contribution < 1.29 is 9.53 Å². The Balaban J connectivity index is 1.32. The molecular weight excluding hydrogens is 490 g/mol. The third kappa shape index (κ3) is 4.55. The molecule has 1 N–H and O–H groups in total. The molecular formula is C30H23N7O2. The number of nitrogens with zero attached hydrogens (tertiary/aromatic N) is 6. The van der Waals surface area contributed by atoms with Crippen LogP contribution in [0.2, 0.25) is 0 Å². The Morgan fingerprint density at radius 1 is 1.10 bits per heavy atom. The van der Waals surface area contributed by atoms with Gasteiger partial charge in [0.25, 0.3) is 0 Å². The van der Waals surface area contributed by atoms with E-state index in [4.69, 9.17) is 4.74 Å². The van der Waals surface area contributed by atoms with Crippen molar-refractivity contribution >= 4 is 17.1 Å². The van der Waals surface area contributed by atoms with E-state index in [0.717, 1.165) is 27.9 Å². The second-order valence-electron chi connectivity index (χ2n) is 9.13. The first kappa shape index (κ1) is 23.9. The molecule has 0 saturated carbocycles. The minimum atomic E-state index is -0.767. The topological polar surface area (TPSA) is 113 Å². The maximum absolute atomic E-state index is 13.2. The van der Waals surface area contributed by atoms with Crippen molar-refractivity contribution in [2.75, 3.05) is 0 Å². The largest absolute Gasteiger partial charge is 0.423 e. The van der Waals surface area contributed by atoms with E-state index >= 15 is 0 Å². The van der Waals surface area contributed by atoms with E-state index in [-0.39, 0.29) is 6.42 Å². The third-order valence-electron chi connectivity index (χ3n) is 6.70. The fourth-order valence-corrected chi connectivity index (χ4v) is 4.82. The van der Waals surface area contributed by atoms with E-state index in [1.807, 2.05) is 77.8 Å². The summed E-state index contributed by atoms with van der Waals surface area (Å²) in [7, 11) is 0. The molecule has 1 aliphatic carbocycles. The summed E-state index contributed by atoms with van der Waals surface area (Å²) in [4.78, 5) is 26.6. The van der Waals surface area contributed by atoms with Crippen LogP contribution < -0.4 is 4.74 Å². The molecule has 1 atom stereocenters. The summed E-state index contributed by atoms with van der Waals surface area (Å²) in [5.74, 6) is 0.453. The van der Waals surface area contributed by atoms with Crippen LogP contribution in [0.4, 0.5) is 4.79 Å². The number of para-hydroxylation sites is 1. The molecule has 4 heterocycles. The first-order chi connectivity index (χ1) is 19.2. The van der Waals surface area contributed by atoms with Crippen LogP contribution in [-0.4, -0.2) is 35.7 Å². The highest BCUT2D eigenvalue weighted by atomic mass is 16.6. The summed E-state index contributed by atoms with van der Waals surface area (Å²) in [5, 5.41) is 15.4. The van der Waals surface area contributed by atoms with Gasteiger partial charge in [-0.05, 0) is 35.9 Å². The smallest absolute Gasteiger partial charge is 0.410 e. The number of aromatic amines is 1. The van der Waals surface area contributed by atoms with E-state index < -0.39 is 11.6 Å². The number of ether oxygens (including phenoxy) is 1. The van der Waals surface area contributed by atoms with Gasteiger partial charge in [-0.3, -0.25) is 9.58 Å². The summed E-state index contributed by atoms with van der Waals surface area (Å²) in [6.45, 7) is 0. The lowest BCUT2D eigenvalue weighted by molar-refractivity contribution is 0.179. The molecule has 0 fully saturated rings. The molecule has 6 rings (SSSR count). The number of carbonyl (C=O) groups excluding carboxylic acids is 1. The summed E-state index contributed by atoms with van der Waals surface area (Å²) in [5.41, 5.74) is 3.07. The normalized spacial score (nSPS) is 18.4. The molecule has 1 aliphatic heterocycles. The van der Waals surface area contributed by atoms with E-state index in [0.29, 0.717) is 17.9 Å². The van der Waals surface area contributed by atoms with Gasteiger partial charge in [-0.2, -0.15) is 10.4 Å². The van der Waals surface area contributed by atoms with Gasteiger partial charge in [0, 0.05) is 36.0 Å². The van der Waals surface area contributed by atoms with Gasteiger partial charge < -0.3 is 9.72 Å². The van der Waals surface area contributed by atoms with Crippen molar-refractivity contribution in [2.24, 2.45) is 0 Å². The summed E-state index contributed by atoms with van der Waals surface area (Å²) in [6.07, 6.45) is 22.0. The molecule has 1 amide bonds. The maximum Gasteiger partial charge on any atom is 0.423 e. The molecule has 190 valence electrons. The first-order valence-electron chi connectivity index (χ1n) is 12.4. The van der Waals surface area contributed by atoms with E-state index in [1.54, 1.807) is 30.6 Å². The highest BCUT2D eigenvalue weighted by Crippen LogP contribution is 2.38. The number of allylic oxidation sites excluding steroid dienone is 8. The Kier molecular flexibility index (Phi) is 6.19. The quantitative estimate of drug-likeness (QED) is 0.362. The van der Waals surface area contributed by atoms with Crippen LogP contribution in [0.1, 0.15) is 12.8 Å². The fraction of sp³-hybridized carbons (Fsp3) is 0.100. The van der Waals surface area contributed by atoms with Crippen LogP contribution in [-0.2, 0) is 5.54 Å².